The van der Waals surface area contributed by atoms with Gasteiger partial charge in [-0.1, -0.05) is 19.9 Å². The molecule has 3 rings (SSSR count). The Balaban J connectivity index is 1.84. The van der Waals surface area contributed by atoms with Gasteiger partial charge in [0.1, 0.15) is 0 Å². The molecule has 1 amide bonds. The summed E-state index contributed by atoms with van der Waals surface area (Å²) in [5.41, 5.74) is 5.05. The first-order valence-electron chi connectivity index (χ1n) is 10.7. The SMILES string of the molecule is CC(C)CC(N)C(=O)N1CCCC(N(C2CC2)S(=O)(=O)c2cccc(C(F)(F)F)c2)C1. The standard InChI is InChI=1S/C21H30F3N3O3S/c1-14(2)11-19(25)20(28)26-10-4-6-17(13-26)27(16-8-9-16)31(29,30)18-7-3-5-15(12-18)21(22,23)24/h3,5,7,12,14,16-17,19H,4,6,8-11,13,25H2,1-2H3. The zero-order chi connectivity index (χ0) is 23.0. The molecule has 1 saturated carbocycles. The number of nitrogens with zero attached hydrogens (tertiary/aromatic N) is 2. The number of carbonyl (C=O) groups is 1. The van der Waals surface area contributed by atoms with Crippen LogP contribution < -0.4 is 5.73 Å². The van der Waals surface area contributed by atoms with Crippen LogP contribution in [0.15, 0.2) is 29.2 Å². The van der Waals surface area contributed by atoms with Crippen LogP contribution in [0.3, 0.4) is 0 Å². The molecule has 1 aromatic rings. The minimum Gasteiger partial charge on any atom is -0.340 e. The highest BCUT2D eigenvalue weighted by Gasteiger charge is 2.45. The van der Waals surface area contributed by atoms with Crippen molar-refractivity contribution < 1.29 is 26.4 Å². The molecule has 1 heterocycles. The molecule has 2 unspecified atom stereocenters. The van der Waals surface area contributed by atoms with Gasteiger partial charge < -0.3 is 10.6 Å². The number of likely N-dealkylation sites (tertiary alicyclic amines) is 1. The first-order chi connectivity index (χ1) is 14.4. The highest BCUT2D eigenvalue weighted by atomic mass is 32.2. The van der Waals surface area contributed by atoms with Crippen LogP contribution in [0.4, 0.5) is 13.2 Å². The van der Waals surface area contributed by atoms with Crippen molar-refractivity contribution in [1.82, 2.24) is 9.21 Å². The predicted molar refractivity (Wildman–Crippen MR) is 111 cm³/mol. The van der Waals surface area contributed by atoms with Crippen LogP contribution in [0.5, 0.6) is 0 Å². The lowest BCUT2D eigenvalue weighted by atomic mass is 10.0. The van der Waals surface area contributed by atoms with Gasteiger partial charge in [-0.25, -0.2) is 8.42 Å². The first kappa shape index (κ1) is 24.0. The summed E-state index contributed by atoms with van der Waals surface area (Å²) < 4.78 is 67.5. The topological polar surface area (TPSA) is 83.7 Å². The van der Waals surface area contributed by atoms with Crippen LogP contribution in [-0.2, 0) is 21.0 Å². The van der Waals surface area contributed by atoms with Crippen molar-refractivity contribution in [1.29, 1.82) is 0 Å². The van der Waals surface area contributed by atoms with Gasteiger partial charge in [0, 0.05) is 25.2 Å². The van der Waals surface area contributed by atoms with Gasteiger partial charge >= 0.3 is 6.18 Å². The van der Waals surface area contributed by atoms with Gasteiger partial charge in [0.25, 0.3) is 0 Å². The van der Waals surface area contributed by atoms with E-state index in [0.29, 0.717) is 44.7 Å². The maximum atomic E-state index is 13.4. The highest BCUT2D eigenvalue weighted by Crippen LogP contribution is 2.38. The second kappa shape index (κ2) is 9.07. The summed E-state index contributed by atoms with van der Waals surface area (Å²) in [5.74, 6) is 0.0504. The number of benzene rings is 1. The van der Waals surface area contributed by atoms with Gasteiger partial charge in [-0.15, -0.1) is 0 Å². The van der Waals surface area contributed by atoms with Crippen molar-refractivity contribution in [2.75, 3.05) is 13.1 Å². The van der Waals surface area contributed by atoms with Gasteiger partial charge in [-0.2, -0.15) is 17.5 Å². The van der Waals surface area contributed by atoms with E-state index >= 15 is 0 Å². The summed E-state index contributed by atoms with van der Waals surface area (Å²) in [5, 5.41) is 0. The highest BCUT2D eigenvalue weighted by molar-refractivity contribution is 7.89. The predicted octanol–water partition coefficient (Wildman–Crippen LogP) is 3.22. The summed E-state index contributed by atoms with van der Waals surface area (Å²) in [4.78, 5) is 14.0. The lowest BCUT2D eigenvalue weighted by Gasteiger charge is -2.39. The quantitative estimate of drug-likeness (QED) is 0.676. The van der Waals surface area contributed by atoms with Gasteiger partial charge in [-0.05, 0) is 56.2 Å². The Morgan fingerprint density at radius 2 is 1.90 bits per heavy atom. The third-order valence-electron chi connectivity index (χ3n) is 5.75. The van der Waals surface area contributed by atoms with Crippen LogP contribution in [0, 0.1) is 5.92 Å². The number of halogens is 3. The monoisotopic (exact) mass is 461 g/mol. The molecule has 1 aliphatic heterocycles. The molecule has 174 valence electrons. The van der Waals surface area contributed by atoms with Crippen LogP contribution >= 0.6 is 0 Å². The van der Waals surface area contributed by atoms with E-state index in [1.165, 1.54) is 10.4 Å². The minimum absolute atomic E-state index is 0.203. The fourth-order valence-corrected chi connectivity index (χ4v) is 6.12. The van der Waals surface area contributed by atoms with Gasteiger partial charge in [-0.3, -0.25) is 4.79 Å². The maximum Gasteiger partial charge on any atom is 0.416 e. The largest absolute Gasteiger partial charge is 0.416 e. The Bertz CT molecular complexity index is 901. The van der Waals surface area contributed by atoms with Crippen molar-refractivity contribution >= 4 is 15.9 Å². The second-order valence-electron chi connectivity index (χ2n) is 8.91. The molecule has 1 aliphatic carbocycles. The second-order valence-corrected chi connectivity index (χ2v) is 10.8. The number of rotatable bonds is 7. The molecule has 6 nitrogen and oxygen atoms in total. The van der Waals surface area contributed by atoms with Crippen molar-refractivity contribution in [2.24, 2.45) is 11.7 Å². The van der Waals surface area contributed by atoms with Crippen LogP contribution in [0.25, 0.3) is 0 Å². The molecule has 2 aliphatic rings. The third kappa shape index (κ3) is 5.59. The summed E-state index contributed by atoms with van der Waals surface area (Å²) in [6, 6.07) is 2.49. The normalized spacial score (nSPS) is 21.5. The average molecular weight is 462 g/mol. The van der Waals surface area contributed by atoms with E-state index in [9.17, 15) is 26.4 Å². The van der Waals surface area contributed by atoms with Crippen molar-refractivity contribution in [3.63, 3.8) is 0 Å². The molecule has 0 radical (unpaired) electrons. The lowest BCUT2D eigenvalue weighted by molar-refractivity contribution is -0.138. The molecule has 31 heavy (non-hydrogen) atoms. The number of amides is 1. The average Bonchev–Trinajstić information content (AvgIpc) is 3.51. The zero-order valence-electron chi connectivity index (χ0n) is 17.8. The Kier molecular flexibility index (Phi) is 7.02. The molecule has 10 heteroatoms. The molecule has 0 spiro atoms. The van der Waals surface area contributed by atoms with Crippen LogP contribution in [0.2, 0.25) is 0 Å². The number of hydrogen-bond donors (Lipinski definition) is 1. The number of hydrogen-bond acceptors (Lipinski definition) is 4. The molecular formula is C21H30F3N3O3S. The van der Waals surface area contributed by atoms with E-state index in [1.807, 2.05) is 13.8 Å². The van der Waals surface area contributed by atoms with Gasteiger partial charge in [0.2, 0.25) is 15.9 Å². The molecule has 2 atom stereocenters. The van der Waals surface area contributed by atoms with E-state index in [2.05, 4.69) is 0 Å². The van der Waals surface area contributed by atoms with Crippen LogP contribution in [-0.4, -0.2) is 54.7 Å². The number of nitrogens with two attached hydrogens (primary N) is 1. The molecular weight excluding hydrogens is 431 g/mol. The van der Waals surface area contributed by atoms with Crippen LogP contribution in [0.1, 0.15) is 51.5 Å². The van der Waals surface area contributed by atoms with Crippen molar-refractivity contribution in [3.05, 3.63) is 29.8 Å². The summed E-state index contributed by atoms with van der Waals surface area (Å²) in [6.45, 7) is 4.66. The van der Waals surface area contributed by atoms with Gasteiger partial charge in [0.15, 0.2) is 0 Å². The van der Waals surface area contributed by atoms with Crippen molar-refractivity contribution in [3.8, 4) is 0 Å². The zero-order valence-corrected chi connectivity index (χ0v) is 18.6. The molecule has 0 aromatic heterocycles. The van der Waals surface area contributed by atoms with E-state index < -0.39 is 33.8 Å². The summed E-state index contributed by atoms with van der Waals surface area (Å²) in [7, 11) is -4.14. The van der Waals surface area contributed by atoms with Crippen molar-refractivity contribution in [2.45, 2.75) is 75.1 Å². The Morgan fingerprint density at radius 1 is 1.23 bits per heavy atom. The van der Waals surface area contributed by atoms with Gasteiger partial charge in [0.05, 0.1) is 16.5 Å². The third-order valence-corrected chi connectivity index (χ3v) is 7.76. The van der Waals surface area contributed by atoms with E-state index in [-0.39, 0.29) is 29.3 Å². The Morgan fingerprint density at radius 3 is 2.48 bits per heavy atom. The fourth-order valence-electron chi connectivity index (χ4n) is 4.18. The summed E-state index contributed by atoms with van der Waals surface area (Å²) >= 11 is 0. The Hall–Kier alpha value is -1.65. The van der Waals surface area contributed by atoms with E-state index in [4.69, 9.17) is 5.73 Å². The molecule has 2 fully saturated rings. The number of alkyl halides is 3. The number of carbonyl (C=O) groups excluding carboxylic acids is 1. The van der Waals surface area contributed by atoms with E-state index in [1.54, 1.807) is 4.90 Å². The number of piperidine rings is 1. The molecule has 2 N–H and O–H groups in total. The molecule has 1 aromatic carbocycles. The Labute approximate surface area is 181 Å². The minimum atomic E-state index is -4.63. The molecule has 1 saturated heterocycles. The first-order valence-corrected chi connectivity index (χ1v) is 12.1. The smallest absolute Gasteiger partial charge is 0.340 e. The number of sulfonamides is 1. The summed E-state index contributed by atoms with van der Waals surface area (Å²) in [6.07, 6.45) is -1.60. The van der Waals surface area contributed by atoms with E-state index in [0.717, 1.165) is 12.1 Å². The lowest BCUT2D eigenvalue weighted by Crippen LogP contribution is -2.55. The fraction of sp³-hybridized carbons (Fsp3) is 0.667. The maximum absolute atomic E-state index is 13.4. The molecule has 0 bridgehead atoms.